The van der Waals surface area contributed by atoms with Crippen LogP contribution in [0.4, 0.5) is 4.39 Å². The van der Waals surface area contributed by atoms with Crippen LogP contribution in [0.2, 0.25) is 0 Å². The van der Waals surface area contributed by atoms with Crippen LogP contribution in [0.5, 0.6) is 5.75 Å². The molecule has 238 valence electrons. The highest BCUT2D eigenvalue weighted by Gasteiger charge is 2.35. The molecule has 1 fully saturated rings. The number of carbonyl (C=O) groups is 4. The van der Waals surface area contributed by atoms with E-state index < -0.39 is 59.5 Å². The Bertz CT molecular complexity index is 1450. The average Bonchev–Trinajstić information content (AvgIpc) is 3.03. The fraction of sp³-hybridized carbons (Fsp3) is 0.353. The van der Waals surface area contributed by atoms with Crippen molar-refractivity contribution < 1.29 is 28.7 Å². The molecule has 0 saturated heterocycles. The van der Waals surface area contributed by atoms with Gasteiger partial charge < -0.3 is 32.5 Å². The summed E-state index contributed by atoms with van der Waals surface area (Å²) in [7, 11) is 0. The van der Waals surface area contributed by atoms with Crippen molar-refractivity contribution in [1.82, 2.24) is 16.0 Å². The highest BCUT2D eigenvalue weighted by atomic mass is 19.1. The van der Waals surface area contributed by atoms with Gasteiger partial charge in [-0.1, -0.05) is 67.4 Å². The Morgan fingerprint density at radius 3 is 2.00 bits per heavy atom. The van der Waals surface area contributed by atoms with Crippen LogP contribution in [0.15, 0.2) is 78.9 Å². The molecule has 0 aromatic heterocycles. The number of phenolic OH excluding ortho intramolecular Hbond substituents is 1. The SMILES string of the molecule is NC(=O)[C@H](Cc1ccc(F)cc1)NC(=O)[C@H](Cc1ccccc1)NC(=O)[C@H]1CCCC[C@H]1NC(=O)[C@@H](N)Cc1ccc(O)cc1. The molecule has 3 aromatic carbocycles. The quantitative estimate of drug-likeness (QED) is 0.171. The number of hydrogen-bond acceptors (Lipinski definition) is 6. The second-order valence-electron chi connectivity index (χ2n) is 11.5. The Kier molecular flexibility index (Phi) is 11.6. The van der Waals surface area contributed by atoms with Gasteiger partial charge in [-0.3, -0.25) is 19.2 Å². The molecule has 45 heavy (non-hydrogen) atoms. The van der Waals surface area contributed by atoms with Crippen molar-refractivity contribution in [2.24, 2.45) is 17.4 Å². The zero-order valence-electron chi connectivity index (χ0n) is 25.0. The lowest BCUT2D eigenvalue weighted by Crippen LogP contribution is -2.57. The Hall–Kier alpha value is -4.77. The molecule has 0 unspecified atom stereocenters. The second-order valence-corrected chi connectivity index (χ2v) is 11.5. The predicted octanol–water partition coefficient (Wildman–Crippen LogP) is 2.02. The zero-order valence-corrected chi connectivity index (χ0v) is 25.0. The van der Waals surface area contributed by atoms with Crippen molar-refractivity contribution >= 4 is 23.6 Å². The number of nitrogens with two attached hydrogens (primary N) is 2. The van der Waals surface area contributed by atoms with Crippen LogP contribution in [-0.4, -0.2) is 52.9 Å². The fourth-order valence-electron chi connectivity index (χ4n) is 5.57. The van der Waals surface area contributed by atoms with Crippen LogP contribution in [0.3, 0.4) is 0 Å². The average molecular weight is 618 g/mol. The monoisotopic (exact) mass is 617 g/mol. The summed E-state index contributed by atoms with van der Waals surface area (Å²) in [5, 5.41) is 18.0. The molecule has 0 spiro atoms. The molecule has 1 saturated carbocycles. The van der Waals surface area contributed by atoms with Gasteiger partial charge in [-0.2, -0.15) is 0 Å². The first-order chi connectivity index (χ1) is 21.6. The van der Waals surface area contributed by atoms with Gasteiger partial charge in [0.15, 0.2) is 0 Å². The summed E-state index contributed by atoms with van der Waals surface area (Å²) in [5.41, 5.74) is 14.0. The number of benzene rings is 3. The van der Waals surface area contributed by atoms with Crippen LogP contribution >= 0.6 is 0 Å². The van der Waals surface area contributed by atoms with Crippen LogP contribution in [-0.2, 0) is 38.4 Å². The summed E-state index contributed by atoms with van der Waals surface area (Å²) < 4.78 is 13.4. The maximum absolute atomic E-state index is 13.7. The van der Waals surface area contributed by atoms with E-state index >= 15 is 0 Å². The van der Waals surface area contributed by atoms with Gasteiger partial charge in [-0.15, -0.1) is 0 Å². The molecule has 0 radical (unpaired) electrons. The predicted molar refractivity (Wildman–Crippen MR) is 167 cm³/mol. The lowest BCUT2D eigenvalue weighted by Gasteiger charge is -2.33. The summed E-state index contributed by atoms with van der Waals surface area (Å²) in [6, 6.07) is 17.6. The minimum Gasteiger partial charge on any atom is -0.508 e. The lowest BCUT2D eigenvalue weighted by atomic mass is 9.83. The molecular formula is C34H40FN5O5. The highest BCUT2D eigenvalue weighted by molar-refractivity contribution is 5.92. The number of nitrogens with one attached hydrogen (secondary N) is 3. The molecule has 5 atom stereocenters. The first-order valence-corrected chi connectivity index (χ1v) is 15.1. The van der Waals surface area contributed by atoms with Crippen molar-refractivity contribution in [3.05, 3.63) is 101 Å². The van der Waals surface area contributed by atoms with E-state index in [9.17, 15) is 28.7 Å². The van der Waals surface area contributed by atoms with Crippen molar-refractivity contribution in [3.8, 4) is 5.75 Å². The molecule has 1 aliphatic carbocycles. The molecule has 0 aliphatic heterocycles. The molecule has 0 heterocycles. The summed E-state index contributed by atoms with van der Waals surface area (Å²) in [6.07, 6.45) is 3.15. The third-order valence-electron chi connectivity index (χ3n) is 8.09. The molecule has 4 amide bonds. The van der Waals surface area contributed by atoms with Gasteiger partial charge in [0.2, 0.25) is 23.6 Å². The van der Waals surface area contributed by atoms with Gasteiger partial charge >= 0.3 is 0 Å². The topological polar surface area (TPSA) is 177 Å². The largest absolute Gasteiger partial charge is 0.508 e. The van der Waals surface area contributed by atoms with Gasteiger partial charge in [-0.05, 0) is 60.2 Å². The van der Waals surface area contributed by atoms with E-state index in [2.05, 4.69) is 16.0 Å². The number of amides is 4. The molecule has 3 aromatic rings. The smallest absolute Gasteiger partial charge is 0.243 e. The van der Waals surface area contributed by atoms with E-state index in [4.69, 9.17) is 11.5 Å². The van der Waals surface area contributed by atoms with E-state index in [1.807, 2.05) is 30.3 Å². The molecule has 8 N–H and O–H groups in total. The van der Waals surface area contributed by atoms with Crippen molar-refractivity contribution in [2.45, 2.75) is 69.1 Å². The number of aromatic hydroxyl groups is 1. The number of halogens is 1. The molecule has 11 heteroatoms. The van der Waals surface area contributed by atoms with Crippen LogP contribution < -0.4 is 27.4 Å². The maximum Gasteiger partial charge on any atom is 0.243 e. The Morgan fingerprint density at radius 1 is 0.756 bits per heavy atom. The highest BCUT2D eigenvalue weighted by Crippen LogP contribution is 2.25. The van der Waals surface area contributed by atoms with E-state index in [-0.39, 0.29) is 25.0 Å². The van der Waals surface area contributed by atoms with Crippen molar-refractivity contribution in [3.63, 3.8) is 0 Å². The van der Waals surface area contributed by atoms with Crippen LogP contribution in [0, 0.1) is 11.7 Å². The number of rotatable bonds is 13. The number of phenols is 1. The normalized spacial score (nSPS) is 18.2. The third kappa shape index (κ3) is 9.87. The van der Waals surface area contributed by atoms with Gasteiger partial charge in [-0.25, -0.2) is 4.39 Å². The molecule has 0 bridgehead atoms. The van der Waals surface area contributed by atoms with E-state index in [1.54, 1.807) is 12.1 Å². The van der Waals surface area contributed by atoms with Gasteiger partial charge in [0.1, 0.15) is 23.7 Å². The Balaban J connectivity index is 1.45. The van der Waals surface area contributed by atoms with E-state index in [0.29, 0.717) is 18.4 Å². The first-order valence-electron chi connectivity index (χ1n) is 15.1. The standard InChI is InChI=1S/C34H40FN5O5/c35-24-14-10-23(11-15-24)19-29(31(37)42)39-34(45)30(20-21-6-2-1-3-7-21)40-32(43)26-8-4-5-9-28(26)38-33(44)27(36)18-22-12-16-25(41)17-13-22/h1-3,6-7,10-17,26-30,41H,4-5,8-9,18-20,36H2,(H2,37,42)(H,38,44)(H,39,45)(H,40,43)/t26-,27-,28+,29-,30-/m0/s1. The first kappa shape index (κ1) is 33.1. The van der Waals surface area contributed by atoms with Gasteiger partial charge in [0, 0.05) is 18.9 Å². The van der Waals surface area contributed by atoms with Crippen molar-refractivity contribution in [2.75, 3.05) is 0 Å². The number of primary amides is 1. The molecule has 1 aliphatic rings. The summed E-state index contributed by atoms with van der Waals surface area (Å²) in [5.74, 6) is -3.05. The maximum atomic E-state index is 13.7. The zero-order chi connectivity index (χ0) is 32.3. The minimum atomic E-state index is -1.09. The fourth-order valence-corrected chi connectivity index (χ4v) is 5.57. The van der Waals surface area contributed by atoms with Crippen LogP contribution in [0.1, 0.15) is 42.4 Å². The third-order valence-corrected chi connectivity index (χ3v) is 8.09. The number of carbonyl (C=O) groups excluding carboxylic acids is 4. The molecule has 10 nitrogen and oxygen atoms in total. The Labute approximate surface area is 261 Å². The second kappa shape index (κ2) is 15.8. The summed E-state index contributed by atoms with van der Waals surface area (Å²) in [4.78, 5) is 52.6. The number of hydrogen-bond donors (Lipinski definition) is 6. The van der Waals surface area contributed by atoms with Gasteiger partial charge in [0.25, 0.3) is 0 Å². The molecular weight excluding hydrogens is 577 g/mol. The minimum absolute atomic E-state index is 0.0501. The summed E-state index contributed by atoms with van der Waals surface area (Å²) >= 11 is 0. The van der Waals surface area contributed by atoms with E-state index in [1.165, 1.54) is 36.4 Å². The molecule has 4 rings (SSSR count). The lowest BCUT2D eigenvalue weighted by molar-refractivity contribution is -0.134. The summed E-state index contributed by atoms with van der Waals surface area (Å²) in [6.45, 7) is 0. The van der Waals surface area contributed by atoms with Crippen LogP contribution in [0.25, 0.3) is 0 Å². The Morgan fingerprint density at radius 2 is 1.33 bits per heavy atom. The van der Waals surface area contributed by atoms with Gasteiger partial charge in [0.05, 0.1) is 12.0 Å². The van der Waals surface area contributed by atoms with Crippen molar-refractivity contribution in [1.29, 1.82) is 0 Å². The van der Waals surface area contributed by atoms with E-state index in [0.717, 1.165) is 24.0 Å².